The number of hydrogen-bond donors (Lipinski definition) is 2. The number of alkyl halides is 3. The Bertz CT molecular complexity index is 1960. The Labute approximate surface area is 303 Å². The summed E-state index contributed by atoms with van der Waals surface area (Å²) in [5.74, 6) is -4.16. The number of esters is 3. The number of rotatable bonds is 13. The van der Waals surface area contributed by atoms with E-state index in [0.717, 1.165) is 12.1 Å². The van der Waals surface area contributed by atoms with Gasteiger partial charge in [0, 0.05) is 19.7 Å². The molecule has 0 aliphatic carbocycles. The molecule has 15 heteroatoms. The first kappa shape index (κ1) is 39.5. The number of anilines is 2. The van der Waals surface area contributed by atoms with Gasteiger partial charge in [-0.25, -0.2) is 0 Å². The summed E-state index contributed by atoms with van der Waals surface area (Å²) in [6.45, 7) is 2.04. The summed E-state index contributed by atoms with van der Waals surface area (Å²) in [4.78, 5) is 72.1. The average Bonchev–Trinajstić information content (AvgIpc) is 3.12. The lowest BCUT2D eigenvalue weighted by molar-refractivity contribution is -0.170. The predicted molar refractivity (Wildman–Crippen MR) is 188 cm³/mol. The van der Waals surface area contributed by atoms with Gasteiger partial charge in [-0.3, -0.25) is 29.0 Å². The predicted octanol–water partition coefficient (Wildman–Crippen LogP) is 5.45. The molecule has 0 saturated heterocycles. The van der Waals surface area contributed by atoms with Gasteiger partial charge < -0.3 is 30.2 Å². The molecule has 0 aliphatic rings. The molecule has 0 bridgehead atoms. The highest BCUT2D eigenvalue weighted by atomic mass is 19.4. The minimum absolute atomic E-state index is 0.0131. The van der Waals surface area contributed by atoms with Crippen molar-refractivity contribution >= 4 is 41.1 Å². The molecule has 1 heterocycles. The number of benzene rings is 3. The van der Waals surface area contributed by atoms with E-state index < -0.39 is 59.9 Å². The van der Waals surface area contributed by atoms with Crippen LogP contribution in [0.4, 0.5) is 24.5 Å². The zero-order chi connectivity index (χ0) is 38.9. The van der Waals surface area contributed by atoms with Crippen molar-refractivity contribution in [2.75, 3.05) is 45.0 Å². The molecule has 278 valence electrons. The largest absolute Gasteiger partial charge is 0.465 e. The van der Waals surface area contributed by atoms with Crippen molar-refractivity contribution in [1.82, 2.24) is 9.88 Å². The Morgan fingerprint density at radius 2 is 1.45 bits per heavy atom. The molecule has 4 aromatic rings. The maximum atomic E-state index is 13.6. The fourth-order valence-corrected chi connectivity index (χ4v) is 5.25. The maximum Gasteiger partial charge on any atom is 0.416 e. The van der Waals surface area contributed by atoms with Crippen LogP contribution >= 0.6 is 0 Å². The summed E-state index contributed by atoms with van der Waals surface area (Å²) in [6.07, 6.45) is -3.73. The summed E-state index contributed by atoms with van der Waals surface area (Å²) in [5.41, 5.74) is 4.01. The molecule has 0 saturated carbocycles. The molecule has 1 aromatic heterocycles. The number of carbonyl (C=O) groups is 5. The lowest BCUT2D eigenvalue weighted by Gasteiger charge is -2.28. The molecule has 3 N–H and O–H groups in total. The SMILES string of the molecule is CCOC(=O)C(COC(=O)Cc1ccc(NC(=O)c2ccccc2-c2ccc(C(F)(F)F)cc2)c(C(=O)N(C)C)c1)(C(=O)OCC)c1ccc(N)cn1. The van der Waals surface area contributed by atoms with E-state index in [9.17, 15) is 37.1 Å². The van der Waals surface area contributed by atoms with Gasteiger partial charge in [0.1, 0.15) is 6.61 Å². The molecule has 0 unspecified atom stereocenters. The number of nitrogens with two attached hydrogens (primary N) is 1. The normalized spacial score (nSPS) is 11.3. The van der Waals surface area contributed by atoms with E-state index in [4.69, 9.17) is 19.9 Å². The topological polar surface area (TPSA) is 167 Å². The Morgan fingerprint density at radius 1 is 0.811 bits per heavy atom. The van der Waals surface area contributed by atoms with E-state index in [2.05, 4.69) is 10.3 Å². The smallest absolute Gasteiger partial charge is 0.416 e. The van der Waals surface area contributed by atoms with E-state index in [1.807, 2.05) is 0 Å². The molecule has 53 heavy (non-hydrogen) atoms. The third kappa shape index (κ3) is 9.16. The second-order valence-corrected chi connectivity index (χ2v) is 11.8. The number of pyridine rings is 1. The van der Waals surface area contributed by atoms with Crippen molar-refractivity contribution in [1.29, 1.82) is 0 Å². The van der Waals surface area contributed by atoms with Gasteiger partial charge >= 0.3 is 24.1 Å². The summed E-state index contributed by atoms with van der Waals surface area (Å²) < 4.78 is 55.3. The van der Waals surface area contributed by atoms with Crippen LogP contribution in [0.25, 0.3) is 11.1 Å². The van der Waals surface area contributed by atoms with Crippen LogP contribution in [-0.4, -0.2) is 73.5 Å². The summed E-state index contributed by atoms with van der Waals surface area (Å²) >= 11 is 0. The molecule has 3 aromatic carbocycles. The van der Waals surface area contributed by atoms with Crippen molar-refractivity contribution in [3.05, 3.63) is 113 Å². The van der Waals surface area contributed by atoms with E-state index in [1.165, 1.54) is 87.6 Å². The summed E-state index contributed by atoms with van der Waals surface area (Å²) in [5, 5.41) is 2.70. The number of ether oxygens (including phenoxy) is 3. The summed E-state index contributed by atoms with van der Waals surface area (Å²) in [6, 6.07) is 17.7. The first-order valence-corrected chi connectivity index (χ1v) is 16.3. The molecule has 0 spiro atoms. The summed E-state index contributed by atoms with van der Waals surface area (Å²) in [7, 11) is 2.98. The van der Waals surface area contributed by atoms with Crippen molar-refractivity contribution in [3.63, 3.8) is 0 Å². The van der Waals surface area contributed by atoms with Gasteiger partial charge in [-0.1, -0.05) is 36.4 Å². The standard InChI is InChI=1S/C38H37F3N4O8/c1-5-51-35(49)37(36(50)52-6-2,31-18-16-26(42)21-43-31)22-53-32(46)20-23-11-17-30(29(19-23)34(48)45(3)4)44-33(47)28-10-8-7-9-27(28)24-12-14-25(15-13-24)38(39,40)41/h7-19,21H,5-6,20,22,42H2,1-4H3,(H,44,47). The fourth-order valence-electron chi connectivity index (χ4n) is 5.25. The molecule has 0 aliphatic heterocycles. The van der Waals surface area contributed by atoms with Crippen LogP contribution in [0.5, 0.6) is 0 Å². The number of nitrogens with one attached hydrogen (secondary N) is 1. The Kier molecular flexibility index (Phi) is 12.6. The number of amides is 2. The number of aromatic nitrogens is 1. The monoisotopic (exact) mass is 734 g/mol. The van der Waals surface area contributed by atoms with Gasteiger partial charge in [0.25, 0.3) is 11.8 Å². The molecular formula is C38H37F3N4O8. The highest BCUT2D eigenvalue weighted by Crippen LogP contribution is 2.33. The van der Waals surface area contributed by atoms with Gasteiger partial charge in [0.15, 0.2) is 0 Å². The van der Waals surface area contributed by atoms with Crippen molar-refractivity contribution in [3.8, 4) is 11.1 Å². The number of hydrogen-bond acceptors (Lipinski definition) is 10. The number of halogens is 3. The maximum absolute atomic E-state index is 13.6. The number of nitrogens with zero attached hydrogens (tertiary/aromatic N) is 2. The quantitative estimate of drug-likeness (QED) is 0.102. The van der Waals surface area contributed by atoms with E-state index in [-0.39, 0.29) is 47.0 Å². The molecule has 12 nitrogen and oxygen atoms in total. The minimum atomic E-state index is -4.53. The molecule has 0 fully saturated rings. The van der Waals surface area contributed by atoms with Crippen LogP contribution in [0.1, 0.15) is 51.4 Å². The molecular weight excluding hydrogens is 697 g/mol. The van der Waals surface area contributed by atoms with E-state index in [0.29, 0.717) is 11.1 Å². The first-order chi connectivity index (χ1) is 25.1. The van der Waals surface area contributed by atoms with Gasteiger partial charge in [-0.05, 0) is 73.0 Å². The molecule has 4 rings (SSSR count). The average molecular weight is 735 g/mol. The van der Waals surface area contributed by atoms with Crippen LogP contribution in [0, 0.1) is 0 Å². The van der Waals surface area contributed by atoms with Crippen LogP contribution in [0.15, 0.2) is 85.1 Å². The van der Waals surface area contributed by atoms with E-state index >= 15 is 0 Å². The highest BCUT2D eigenvalue weighted by Gasteiger charge is 2.53. The number of carbonyl (C=O) groups excluding carboxylic acids is 5. The van der Waals surface area contributed by atoms with Gasteiger partial charge in [-0.15, -0.1) is 0 Å². The second-order valence-electron chi connectivity index (χ2n) is 11.8. The van der Waals surface area contributed by atoms with Crippen LogP contribution in [-0.2, 0) is 46.6 Å². The van der Waals surface area contributed by atoms with Crippen molar-refractivity contribution in [2.45, 2.75) is 31.9 Å². The van der Waals surface area contributed by atoms with Crippen LogP contribution in [0.3, 0.4) is 0 Å². The van der Waals surface area contributed by atoms with Gasteiger partial charge in [0.2, 0.25) is 5.41 Å². The fraction of sp³-hybridized carbons (Fsp3) is 0.263. The molecule has 2 amide bonds. The Balaban J connectivity index is 1.60. The molecule has 0 atom stereocenters. The van der Waals surface area contributed by atoms with E-state index in [1.54, 1.807) is 18.2 Å². The van der Waals surface area contributed by atoms with Crippen LogP contribution < -0.4 is 11.1 Å². The Hall–Kier alpha value is -6.25. The first-order valence-electron chi connectivity index (χ1n) is 16.3. The van der Waals surface area contributed by atoms with Crippen molar-refractivity contribution < 1.29 is 51.4 Å². The zero-order valence-electron chi connectivity index (χ0n) is 29.3. The van der Waals surface area contributed by atoms with Gasteiger partial charge in [0.05, 0.1) is 54.0 Å². The minimum Gasteiger partial charge on any atom is -0.465 e. The zero-order valence-corrected chi connectivity index (χ0v) is 29.3. The number of nitrogen functional groups attached to an aromatic ring is 1. The molecule has 0 radical (unpaired) electrons. The van der Waals surface area contributed by atoms with Crippen LogP contribution in [0.2, 0.25) is 0 Å². The third-order valence-corrected chi connectivity index (χ3v) is 7.93. The Morgan fingerprint density at radius 3 is 2.02 bits per heavy atom. The highest BCUT2D eigenvalue weighted by molar-refractivity contribution is 6.12. The van der Waals surface area contributed by atoms with Gasteiger partial charge in [-0.2, -0.15) is 13.2 Å². The lowest BCUT2D eigenvalue weighted by atomic mass is 9.84. The second kappa shape index (κ2) is 16.8. The third-order valence-electron chi connectivity index (χ3n) is 7.93. The van der Waals surface area contributed by atoms with Crippen molar-refractivity contribution in [2.24, 2.45) is 0 Å². The lowest BCUT2D eigenvalue weighted by Crippen LogP contribution is -2.51.